The van der Waals surface area contributed by atoms with Crippen molar-refractivity contribution in [2.75, 3.05) is 71.1 Å². The monoisotopic (exact) mass is 398 g/mol. The third kappa shape index (κ3) is 4.71. The van der Waals surface area contributed by atoms with Crippen molar-refractivity contribution in [1.82, 2.24) is 15.1 Å². The number of aliphatic imine (C=N–C) groups is 1. The normalized spacial score (nSPS) is 32.7. The Morgan fingerprint density at radius 1 is 1.37 bits per heavy atom. The van der Waals surface area contributed by atoms with Crippen LogP contribution in [0.25, 0.3) is 0 Å². The third-order valence-electron chi connectivity index (χ3n) is 6.04. The van der Waals surface area contributed by atoms with E-state index in [0.717, 1.165) is 57.6 Å². The van der Waals surface area contributed by atoms with Crippen molar-refractivity contribution in [1.29, 1.82) is 0 Å². The molecule has 27 heavy (non-hydrogen) atoms. The number of hydrogen-bond acceptors (Lipinski definition) is 6. The first-order valence-electron chi connectivity index (χ1n) is 10.1. The minimum atomic E-state index is -0.113. The van der Waals surface area contributed by atoms with Crippen molar-refractivity contribution in [2.24, 2.45) is 16.8 Å². The van der Waals surface area contributed by atoms with E-state index in [0.29, 0.717) is 6.54 Å². The van der Waals surface area contributed by atoms with Crippen LogP contribution in [0, 0.1) is 11.8 Å². The van der Waals surface area contributed by atoms with Crippen LogP contribution in [0.5, 0.6) is 0 Å². The molecule has 1 N–H and O–H groups in total. The number of nitrogens with one attached hydrogen (secondary N) is 1. The van der Waals surface area contributed by atoms with Gasteiger partial charge in [-0.05, 0) is 25.0 Å². The lowest BCUT2D eigenvalue weighted by Gasteiger charge is -2.42. The van der Waals surface area contributed by atoms with Gasteiger partial charge in [0.2, 0.25) is 0 Å². The van der Waals surface area contributed by atoms with E-state index in [1.165, 1.54) is 19.3 Å². The lowest BCUT2D eigenvalue weighted by Crippen LogP contribution is -2.56. The molecule has 0 spiro atoms. The maximum Gasteiger partial charge on any atom is 0.310 e. The molecule has 3 heterocycles. The van der Waals surface area contributed by atoms with Crippen LogP contribution in [0.4, 0.5) is 0 Å². The topological polar surface area (TPSA) is 66.4 Å². The highest BCUT2D eigenvalue weighted by atomic mass is 32.2. The van der Waals surface area contributed by atoms with Gasteiger partial charge in [0, 0.05) is 38.5 Å². The average Bonchev–Trinajstić information content (AvgIpc) is 3.33. The summed E-state index contributed by atoms with van der Waals surface area (Å²) in [5.74, 6) is 3.36. The molecule has 0 saturated carbocycles. The summed E-state index contributed by atoms with van der Waals surface area (Å²) in [5, 5.41) is 3.44. The van der Waals surface area contributed by atoms with Crippen molar-refractivity contribution < 1.29 is 14.3 Å². The Kier molecular flexibility index (Phi) is 7.28. The van der Waals surface area contributed by atoms with E-state index in [1.807, 2.05) is 11.8 Å². The van der Waals surface area contributed by atoms with Crippen LogP contribution in [-0.4, -0.2) is 98.4 Å². The molecular weight excluding hydrogens is 364 g/mol. The lowest BCUT2D eigenvalue weighted by atomic mass is 9.96. The van der Waals surface area contributed by atoms with Crippen LogP contribution in [0.3, 0.4) is 0 Å². The summed E-state index contributed by atoms with van der Waals surface area (Å²) in [6.45, 7) is 11.0. The number of carbonyl (C=O) groups excluding carboxylic acids is 1. The molecule has 3 rings (SSSR count). The zero-order valence-electron chi connectivity index (χ0n) is 16.9. The highest BCUT2D eigenvalue weighted by Gasteiger charge is 2.41. The number of esters is 1. The second kappa shape index (κ2) is 9.47. The number of ether oxygens (including phenoxy) is 2. The highest BCUT2D eigenvalue weighted by Crippen LogP contribution is 2.34. The number of likely N-dealkylation sites (tertiary alicyclic amines) is 1. The maximum atomic E-state index is 12.0. The number of morpholine rings is 1. The number of rotatable bonds is 5. The van der Waals surface area contributed by atoms with E-state index in [4.69, 9.17) is 14.5 Å². The number of hydrogen-bond donors (Lipinski definition) is 1. The van der Waals surface area contributed by atoms with Gasteiger partial charge in [0.15, 0.2) is 5.96 Å². The van der Waals surface area contributed by atoms with Gasteiger partial charge in [0.25, 0.3) is 0 Å². The van der Waals surface area contributed by atoms with E-state index in [2.05, 4.69) is 29.0 Å². The molecule has 7 nitrogen and oxygen atoms in total. The van der Waals surface area contributed by atoms with Gasteiger partial charge in [0.1, 0.15) is 0 Å². The van der Waals surface area contributed by atoms with E-state index in [-0.39, 0.29) is 23.3 Å². The van der Waals surface area contributed by atoms with Crippen LogP contribution >= 0.6 is 11.8 Å². The Morgan fingerprint density at radius 2 is 2.15 bits per heavy atom. The summed E-state index contributed by atoms with van der Waals surface area (Å²) < 4.78 is 10.5. The lowest BCUT2D eigenvalue weighted by molar-refractivity contribution is -0.145. The molecule has 3 aliphatic rings. The van der Waals surface area contributed by atoms with Gasteiger partial charge < -0.3 is 19.7 Å². The zero-order chi connectivity index (χ0) is 19.3. The number of methoxy groups -OCH3 is 1. The van der Waals surface area contributed by atoms with Crippen LogP contribution in [-0.2, 0) is 14.3 Å². The fourth-order valence-corrected chi connectivity index (χ4v) is 5.82. The van der Waals surface area contributed by atoms with Crippen molar-refractivity contribution in [3.63, 3.8) is 0 Å². The van der Waals surface area contributed by atoms with Crippen LogP contribution in [0.2, 0.25) is 0 Å². The summed E-state index contributed by atoms with van der Waals surface area (Å²) in [6, 6.07) is 0. The quantitative estimate of drug-likeness (QED) is 0.419. The van der Waals surface area contributed by atoms with Crippen LogP contribution in [0.15, 0.2) is 4.99 Å². The van der Waals surface area contributed by atoms with E-state index < -0.39 is 0 Å². The van der Waals surface area contributed by atoms with Gasteiger partial charge in [-0.3, -0.25) is 14.7 Å². The largest absolute Gasteiger partial charge is 0.469 e. The van der Waals surface area contributed by atoms with Crippen molar-refractivity contribution in [3.8, 4) is 0 Å². The van der Waals surface area contributed by atoms with Crippen molar-refractivity contribution >= 4 is 23.7 Å². The first-order valence-corrected chi connectivity index (χ1v) is 11.3. The number of nitrogens with zero attached hydrogens (tertiary/aromatic N) is 3. The van der Waals surface area contributed by atoms with E-state index in [9.17, 15) is 4.79 Å². The van der Waals surface area contributed by atoms with Crippen molar-refractivity contribution in [2.45, 2.75) is 25.8 Å². The smallest absolute Gasteiger partial charge is 0.310 e. The van der Waals surface area contributed by atoms with Gasteiger partial charge >= 0.3 is 5.97 Å². The second-order valence-electron chi connectivity index (χ2n) is 7.81. The molecule has 3 aliphatic heterocycles. The average molecular weight is 399 g/mol. The molecule has 0 aliphatic carbocycles. The standard InChI is InChI=1S/C19H34N4O3S/c1-4-20-18(22-11-15(2)16(12-22)17(24)25-3)21-13-19(5-10-27-14-19)23-6-8-26-9-7-23/h15-16H,4-14H2,1-3H3,(H,20,21). The fraction of sp³-hybridized carbons (Fsp3) is 0.895. The molecule has 3 saturated heterocycles. The molecule has 3 fully saturated rings. The number of carbonyl (C=O) groups is 1. The predicted octanol–water partition coefficient (Wildman–Crippen LogP) is 0.901. The number of guanidine groups is 1. The molecule has 154 valence electrons. The Hall–Kier alpha value is -0.990. The fourth-order valence-electron chi connectivity index (χ4n) is 4.35. The van der Waals surface area contributed by atoms with E-state index >= 15 is 0 Å². The van der Waals surface area contributed by atoms with Crippen LogP contribution < -0.4 is 5.32 Å². The van der Waals surface area contributed by atoms with Gasteiger partial charge in [-0.25, -0.2) is 0 Å². The molecule has 8 heteroatoms. The summed E-state index contributed by atoms with van der Waals surface area (Å²) in [7, 11) is 1.47. The Labute approximate surface area is 167 Å². The van der Waals surface area contributed by atoms with Gasteiger partial charge in [0.05, 0.1) is 38.3 Å². The molecule has 3 unspecified atom stereocenters. The minimum Gasteiger partial charge on any atom is -0.469 e. The molecule has 0 aromatic heterocycles. The Balaban J connectivity index is 1.72. The molecule has 0 amide bonds. The SMILES string of the molecule is CCNC(=NCC1(N2CCOCC2)CCSC1)N1CC(C)C(C(=O)OC)C1. The zero-order valence-corrected chi connectivity index (χ0v) is 17.7. The van der Waals surface area contributed by atoms with Crippen molar-refractivity contribution in [3.05, 3.63) is 0 Å². The summed E-state index contributed by atoms with van der Waals surface area (Å²) in [5.41, 5.74) is 0.141. The first-order chi connectivity index (χ1) is 13.1. The molecular formula is C19H34N4O3S. The summed E-state index contributed by atoms with van der Waals surface area (Å²) in [4.78, 5) is 21.9. The highest BCUT2D eigenvalue weighted by molar-refractivity contribution is 7.99. The van der Waals surface area contributed by atoms with Gasteiger partial charge in [-0.15, -0.1) is 0 Å². The van der Waals surface area contributed by atoms with E-state index in [1.54, 1.807) is 0 Å². The molecule has 0 aromatic carbocycles. The van der Waals surface area contributed by atoms with Crippen LogP contribution in [0.1, 0.15) is 20.3 Å². The Morgan fingerprint density at radius 3 is 2.78 bits per heavy atom. The minimum absolute atomic E-state index is 0.0749. The third-order valence-corrected chi connectivity index (χ3v) is 7.27. The maximum absolute atomic E-state index is 12.0. The first kappa shape index (κ1) is 20.7. The second-order valence-corrected chi connectivity index (χ2v) is 8.91. The van der Waals surface area contributed by atoms with Gasteiger partial charge in [-0.2, -0.15) is 11.8 Å². The Bertz CT molecular complexity index is 533. The summed E-state index contributed by atoms with van der Waals surface area (Å²) in [6.07, 6.45) is 1.18. The number of thioether (sulfide) groups is 1. The molecule has 0 radical (unpaired) electrons. The van der Waals surface area contributed by atoms with Gasteiger partial charge in [-0.1, -0.05) is 6.92 Å². The molecule has 0 bridgehead atoms. The molecule has 0 aromatic rings. The molecule has 3 atom stereocenters. The predicted molar refractivity (Wildman–Crippen MR) is 109 cm³/mol. The summed E-state index contributed by atoms with van der Waals surface area (Å²) >= 11 is 2.03.